The van der Waals surface area contributed by atoms with Gasteiger partial charge in [0.05, 0.1) is 17.3 Å². The monoisotopic (exact) mass is 192 g/mol. The van der Waals surface area contributed by atoms with Gasteiger partial charge in [0, 0.05) is 11.8 Å². The molecule has 0 unspecified atom stereocenters. The van der Waals surface area contributed by atoms with Crippen molar-refractivity contribution in [3.05, 3.63) is 23.5 Å². The van der Waals surface area contributed by atoms with E-state index >= 15 is 0 Å². The maximum atomic E-state index is 12.2. The van der Waals surface area contributed by atoms with E-state index in [4.69, 9.17) is 17.3 Å². The lowest BCUT2D eigenvalue weighted by Gasteiger charge is -2.06. The standard InChI is InChI=1S/C7H7ClF2N2/c8-3-5-6(11)4(7(9)10)1-2-12-5/h1-2,7H,3,11H2. The van der Waals surface area contributed by atoms with Gasteiger partial charge in [-0.2, -0.15) is 0 Å². The molecule has 0 aliphatic heterocycles. The van der Waals surface area contributed by atoms with Crippen LogP contribution in [0, 0.1) is 0 Å². The van der Waals surface area contributed by atoms with E-state index in [2.05, 4.69) is 4.98 Å². The minimum atomic E-state index is -2.57. The Morgan fingerprint density at radius 3 is 2.75 bits per heavy atom. The van der Waals surface area contributed by atoms with Crippen LogP contribution in [-0.4, -0.2) is 4.98 Å². The second-order valence-corrected chi connectivity index (χ2v) is 2.46. The summed E-state index contributed by atoms with van der Waals surface area (Å²) in [6.07, 6.45) is -1.30. The summed E-state index contributed by atoms with van der Waals surface area (Å²) in [6, 6.07) is 1.19. The molecule has 66 valence electrons. The molecule has 0 amide bonds. The summed E-state index contributed by atoms with van der Waals surface area (Å²) in [5, 5.41) is 0. The first kappa shape index (κ1) is 9.19. The minimum Gasteiger partial charge on any atom is -0.397 e. The van der Waals surface area contributed by atoms with Crippen molar-refractivity contribution in [1.82, 2.24) is 4.98 Å². The predicted octanol–water partition coefficient (Wildman–Crippen LogP) is 2.34. The molecule has 0 saturated carbocycles. The van der Waals surface area contributed by atoms with Gasteiger partial charge in [-0.05, 0) is 6.07 Å². The third-order valence-electron chi connectivity index (χ3n) is 1.47. The molecule has 1 aromatic rings. The van der Waals surface area contributed by atoms with Crippen LogP contribution in [0.2, 0.25) is 0 Å². The van der Waals surface area contributed by atoms with E-state index < -0.39 is 6.43 Å². The van der Waals surface area contributed by atoms with Crippen molar-refractivity contribution in [2.24, 2.45) is 0 Å². The SMILES string of the molecule is Nc1c(C(F)F)ccnc1CCl. The van der Waals surface area contributed by atoms with Crippen LogP contribution in [0.3, 0.4) is 0 Å². The molecule has 1 heterocycles. The number of hydrogen-bond acceptors (Lipinski definition) is 2. The number of hydrogen-bond donors (Lipinski definition) is 1. The van der Waals surface area contributed by atoms with E-state index in [-0.39, 0.29) is 17.1 Å². The molecule has 0 radical (unpaired) electrons. The maximum absolute atomic E-state index is 12.2. The van der Waals surface area contributed by atoms with Crippen LogP contribution in [-0.2, 0) is 5.88 Å². The van der Waals surface area contributed by atoms with Crippen LogP contribution >= 0.6 is 11.6 Å². The highest BCUT2D eigenvalue weighted by atomic mass is 35.5. The zero-order chi connectivity index (χ0) is 9.14. The summed E-state index contributed by atoms with van der Waals surface area (Å²) >= 11 is 5.42. The largest absolute Gasteiger partial charge is 0.397 e. The Morgan fingerprint density at radius 2 is 2.25 bits per heavy atom. The van der Waals surface area contributed by atoms with Gasteiger partial charge in [0.25, 0.3) is 6.43 Å². The number of pyridine rings is 1. The fraction of sp³-hybridized carbons (Fsp3) is 0.286. The van der Waals surface area contributed by atoms with Crippen molar-refractivity contribution in [2.75, 3.05) is 5.73 Å². The molecule has 0 spiro atoms. The van der Waals surface area contributed by atoms with Gasteiger partial charge >= 0.3 is 0 Å². The van der Waals surface area contributed by atoms with Crippen LogP contribution in [0.5, 0.6) is 0 Å². The van der Waals surface area contributed by atoms with Gasteiger partial charge in [0.2, 0.25) is 0 Å². The van der Waals surface area contributed by atoms with Crippen molar-refractivity contribution >= 4 is 17.3 Å². The van der Waals surface area contributed by atoms with Gasteiger partial charge < -0.3 is 5.73 Å². The first-order valence-electron chi connectivity index (χ1n) is 3.24. The first-order valence-corrected chi connectivity index (χ1v) is 3.77. The highest BCUT2D eigenvalue weighted by Crippen LogP contribution is 2.26. The number of nitrogens with two attached hydrogens (primary N) is 1. The molecule has 1 rings (SSSR count). The van der Waals surface area contributed by atoms with Crippen molar-refractivity contribution in [1.29, 1.82) is 0 Å². The molecule has 2 N–H and O–H groups in total. The second-order valence-electron chi connectivity index (χ2n) is 2.19. The van der Waals surface area contributed by atoms with Crippen molar-refractivity contribution in [3.63, 3.8) is 0 Å². The molecule has 12 heavy (non-hydrogen) atoms. The number of alkyl halides is 3. The van der Waals surface area contributed by atoms with E-state index in [1.54, 1.807) is 0 Å². The van der Waals surface area contributed by atoms with Gasteiger partial charge in [-0.25, -0.2) is 8.78 Å². The van der Waals surface area contributed by atoms with Crippen LogP contribution in [0.25, 0.3) is 0 Å². The fourth-order valence-corrected chi connectivity index (χ4v) is 1.04. The Balaban J connectivity index is 3.14. The summed E-state index contributed by atoms with van der Waals surface area (Å²) < 4.78 is 24.4. The molecule has 2 nitrogen and oxygen atoms in total. The van der Waals surface area contributed by atoms with Crippen LogP contribution in [0.15, 0.2) is 12.3 Å². The summed E-state index contributed by atoms with van der Waals surface area (Å²) in [6.45, 7) is 0. The average Bonchev–Trinajstić information content (AvgIpc) is 2.04. The molecule has 0 bridgehead atoms. The highest BCUT2D eigenvalue weighted by molar-refractivity contribution is 6.17. The third-order valence-corrected chi connectivity index (χ3v) is 1.72. The lowest BCUT2D eigenvalue weighted by atomic mass is 10.2. The Kier molecular flexibility index (Phi) is 2.81. The summed E-state index contributed by atoms with van der Waals surface area (Å²) in [7, 11) is 0. The van der Waals surface area contributed by atoms with Crippen molar-refractivity contribution in [2.45, 2.75) is 12.3 Å². The van der Waals surface area contributed by atoms with Crippen LogP contribution in [0.4, 0.5) is 14.5 Å². The van der Waals surface area contributed by atoms with E-state index in [0.29, 0.717) is 5.69 Å². The molecular formula is C7H7ClF2N2. The van der Waals surface area contributed by atoms with Gasteiger partial charge in [-0.15, -0.1) is 11.6 Å². The van der Waals surface area contributed by atoms with Crippen LogP contribution < -0.4 is 5.73 Å². The van der Waals surface area contributed by atoms with Gasteiger partial charge in [0.15, 0.2) is 0 Å². The third kappa shape index (κ3) is 1.64. The van der Waals surface area contributed by atoms with E-state index in [0.717, 1.165) is 0 Å². The summed E-state index contributed by atoms with van der Waals surface area (Å²) in [5.74, 6) is 0.0480. The molecule has 0 aliphatic carbocycles. The number of nitrogen functional groups attached to an aromatic ring is 1. The Morgan fingerprint density at radius 1 is 1.58 bits per heavy atom. The lowest BCUT2D eigenvalue weighted by Crippen LogP contribution is -2.01. The molecular weight excluding hydrogens is 186 g/mol. The molecule has 0 aliphatic rings. The number of halogens is 3. The zero-order valence-electron chi connectivity index (χ0n) is 6.10. The minimum absolute atomic E-state index is 0.0116. The Labute approximate surface area is 73.4 Å². The molecule has 0 aromatic carbocycles. The van der Waals surface area contributed by atoms with E-state index in [1.165, 1.54) is 12.3 Å². The number of anilines is 1. The van der Waals surface area contributed by atoms with Gasteiger partial charge in [-0.3, -0.25) is 4.98 Å². The summed E-state index contributed by atoms with van der Waals surface area (Å²) in [5.41, 5.74) is 5.45. The van der Waals surface area contributed by atoms with E-state index in [9.17, 15) is 8.78 Å². The van der Waals surface area contributed by atoms with Gasteiger partial charge in [0.1, 0.15) is 0 Å². The van der Waals surface area contributed by atoms with Crippen molar-refractivity contribution < 1.29 is 8.78 Å². The smallest absolute Gasteiger partial charge is 0.265 e. The van der Waals surface area contributed by atoms with Crippen LogP contribution in [0.1, 0.15) is 17.7 Å². The Bertz CT molecular complexity index is 278. The topological polar surface area (TPSA) is 38.9 Å². The molecule has 0 saturated heterocycles. The lowest BCUT2D eigenvalue weighted by molar-refractivity contribution is 0.152. The molecule has 1 aromatic heterocycles. The number of rotatable bonds is 2. The van der Waals surface area contributed by atoms with Gasteiger partial charge in [-0.1, -0.05) is 0 Å². The number of aromatic nitrogens is 1. The highest BCUT2D eigenvalue weighted by Gasteiger charge is 2.13. The predicted molar refractivity (Wildman–Crippen MR) is 43.2 cm³/mol. The molecule has 0 fully saturated rings. The molecule has 0 atom stereocenters. The normalized spacial score (nSPS) is 10.7. The first-order chi connectivity index (χ1) is 5.66. The number of nitrogens with zero attached hydrogens (tertiary/aromatic N) is 1. The zero-order valence-corrected chi connectivity index (χ0v) is 6.85. The maximum Gasteiger partial charge on any atom is 0.265 e. The van der Waals surface area contributed by atoms with Crippen molar-refractivity contribution in [3.8, 4) is 0 Å². The Hall–Kier alpha value is -0.900. The summed E-state index contributed by atoms with van der Waals surface area (Å²) in [4.78, 5) is 3.75. The molecule has 5 heteroatoms. The quantitative estimate of drug-likeness (QED) is 0.731. The fourth-order valence-electron chi connectivity index (χ4n) is 0.830. The second kappa shape index (κ2) is 3.67. The average molecular weight is 193 g/mol. The van der Waals surface area contributed by atoms with E-state index in [1.807, 2.05) is 0 Å².